The SMILES string of the molecule is Cc1nsc(CSC(=O)c2ccccc2)n1. The lowest BCUT2D eigenvalue weighted by Gasteiger charge is -1.97. The van der Waals surface area contributed by atoms with Crippen LogP contribution in [-0.2, 0) is 5.75 Å². The fourth-order valence-corrected chi connectivity index (χ4v) is 2.64. The first kappa shape index (κ1) is 11.3. The Morgan fingerprint density at radius 1 is 1.38 bits per heavy atom. The number of nitrogens with zero attached hydrogens (tertiary/aromatic N) is 2. The number of hydrogen-bond donors (Lipinski definition) is 0. The first-order valence-electron chi connectivity index (χ1n) is 4.77. The molecule has 0 aliphatic carbocycles. The number of thioether (sulfide) groups is 1. The Labute approximate surface area is 102 Å². The molecule has 0 spiro atoms. The molecule has 3 nitrogen and oxygen atoms in total. The summed E-state index contributed by atoms with van der Waals surface area (Å²) in [4.78, 5) is 16.0. The summed E-state index contributed by atoms with van der Waals surface area (Å²) in [5, 5.41) is 0.972. The van der Waals surface area contributed by atoms with E-state index in [9.17, 15) is 4.79 Å². The second-order valence-corrected chi connectivity index (χ2v) is 4.96. The molecule has 0 saturated carbocycles. The normalized spacial score (nSPS) is 10.3. The van der Waals surface area contributed by atoms with Crippen molar-refractivity contribution in [3.8, 4) is 0 Å². The van der Waals surface area contributed by atoms with Crippen LogP contribution in [0.3, 0.4) is 0 Å². The van der Waals surface area contributed by atoms with Gasteiger partial charge in [-0.15, -0.1) is 0 Å². The van der Waals surface area contributed by atoms with E-state index in [0.717, 1.165) is 16.4 Å². The maximum absolute atomic E-state index is 11.7. The van der Waals surface area contributed by atoms with Crippen molar-refractivity contribution in [1.29, 1.82) is 0 Å². The number of carbonyl (C=O) groups is 1. The lowest BCUT2D eigenvalue weighted by atomic mass is 10.2. The summed E-state index contributed by atoms with van der Waals surface area (Å²) in [6, 6.07) is 9.27. The van der Waals surface area contributed by atoms with E-state index in [4.69, 9.17) is 0 Å². The van der Waals surface area contributed by atoms with Crippen LogP contribution >= 0.6 is 23.3 Å². The van der Waals surface area contributed by atoms with Crippen molar-refractivity contribution in [3.05, 3.63) is 46.7 Å². The highest BCUT2D eigenvalue weighted by atomic mass is 32.2. The minimum absolute atomic E-state index is 0.0773. The quantitative estimate of drug-likeness (QED) is 0.840. The Balaban J connectivity index is 1.94. The second-order valence-electron chi connectivity index (χ2n) is 3.18. The summed E-state index contributed by atoms with van der Waals surface area (Å²) in [6.45, 7) is 1.85. The Bertz CT molecular complexity index is 482. The maximum Gasteiger partial charge on any atom is 0.219 e. The van der Waals surface area contributed by atoms with Gasteiger partial charge in [0.05, 0.1) is 5.75 Å². The minimum Gasteiger partial charge on any atom is -0.282 e. The molecule has 1 aromatic carbocycles. The van der Waals surface area contributed by atoms with Gasteiger partial charge in [0.2, 0.25) is 5.12 Å². The fraction of sp³-hybridized carbons (Fsp3) is 0.182. The number of carbonyl (C=O) groups excluding carboxylic acids is 1. The zero-order valence-electron chi connectivity index (χ0n) is 8.71. The lowest BCUT2D eigenvalue weighted by Crippen LogP contribution is -1.93. The molecule has 0 unspecified atom stereocenters. The van der Waals surface area contributed by atoms with Crippen LogP contribution in [0, 0.1) is 6.92 Å². The highest BCUT2D eigenvalue weighted by Gasteiger charge is 2.08. The first-order valence-corrected chi connectivity index (χ1v) is 6.53. The van der Waals surface area contributed by atoms with Gasteiger partial charge in [-0.1, -0.05) is 42.1 Å². The van der Waals surface area contributed by atoms with Gasteiger partial charge in [0.25, 0.3) is 0 Å². The van der Waals surface area contributed by atoms with Gasteiger partial charge in [-0.2, -0.15) is 4.37 Å². The minimum atomic E-state index is 0.0773. The molecule has 0 fully saturated rings. The fourth-order valence-electron chi connectivity index (χ4n) is 1.18. The third-order valence-corrected chi connectivity index (χ3v) is 3.81. The van der Waals surface area contributed by atoms with Crippen LogP contribution in [0.25, 0.3) is 0 Å². The van der Waals surface area contributed by atoms with E-state index in [-0.39, 0.29) is 5.12 Å². The highest BCUT2D eigenvalue weighted by Crippen LogP contribution is 2.18. The topological polar surface area (TPSA) is 42.9 Å². The van der Waals surface area contributed by atoms with Gasteiger partial charge in [0, 0.05) is 5.56 Å². The van der Waals surface area contributed by atoms with E-state index in [1.165, 1.54) is 23.3 Å². The van der Waals surface area contributed by atoms with Crippen LogP contribution in [0.4, 0.5) is 0 Å². The molecule has 2 rings (SSSR count). The summed E-state index contributed by atoms with van der Waals surface area (Å²) >= 11 is 2.62. The molecular formula is C11H10N2OS2. The number of aromatic nitrogens is 2. The lowest BCUT2D eigenvalue weighted by molar-refractivity contribution is 0.108. The molecule has 0 amide bonds. The third kappa shape index (κ3) is 2.90. The van der Waals surface area contributed by atoms with E-state index >= 15 is 0 Å². The Morgan fingerprint density at radius 3 is 2.75 bits per heavy atom. The molecule has 0 aliphatic heterocycles. The van der Waals surface area contributed by atoms with Gasteiger partial charge in [-0.25, -0.2) is 4.98 Å². The largest absolute Gasteiger partial charge is 0.282 e. The van der Waals surface area contributed by atoms with E-state index in [2.05, 4.69) is 9.36 Å². The molecule has 82 valence electrons. The van der Waals surface area contributed by atoms with Crippen molar-refractivity contribution < 1.29 is 4.79 Å². The number of benzene rings is 1. The maximum atomic E-state index is 11.7. The number of aryl methyl sites for hydroxylation is 1. The molecule has 0 aliphatic rings. The number of hydrogen-bond acceptors (Lipinski definition) is 5. The van der Waals surface area contributed by atoms with E-state index in [1.807, 2.05) is 37.3 Å². The molecule has 5 heteroatoms. The van der Waals surface area contributed by atoms with Crippen molar-refractivity contribution in [1.82, 2.24) is 9.36 Å². The second kappa shape index (κ2) is 5.23. The van der Waals surface area contributed by atoms with Crippen molar-refractivity contribution in [2.24, 2.45) is 0 Å². The van der Waals surface area contributed by atoms with Gasteiger partial charge >= 0.3 is 0 Å². The standard InChI is InChI=1S/C11H10N2OS2/c1-8-12-10(16-13-8)7-15-11(14)9-5-3-2-4-6-9/h2-6H,7H2,1H3. The molecule has 1 aromatic heterocycles. The third-order valence-electron chi connectivity index (χ3n) is 1.91. The predicted octanol–water partition coefficient (Wildman–Crippen LogP) is 2.92. The smallest absolute Gasteiger partial charge is 0.219 e. The highest BCUT2D eigenvalue weighted by molar-refractivity contribution is 8.13. The van der Waals surface area contributed by atoms with Crippen LogP contribution in [-0.4, -0.2) is 14.5 Å². The van der Waals surface area contributed by atoms with Crippen molar-refractivity contribution >= 4 is 28.4 Å². The zero-order chi connectivity index (χ0) is 11.4. The Hall–Kier alpha value is -1.20. The van der Waals surface area contributed by atoms with Crippen LogP contribution in [0.2, 0.25) is 0 Å². The van der Waals surface area contributed by atoms with Gasteiger partial charge in [-0.05, 0) is 18.5 Å². The van der Waals surface area contributed by atoms with Crippen LogP contribution in [0.15, 0.2) is 30.3 Å². The molecule has 2 aromatic rings. The van der Waals surface area contributed by atoms with Gasteiger partial charge < -0.3 is 0 Å². The summed E-state index contributed by atoms with van der Waals surface area (Å²) in [7, 11) is 0. The van der Waals surface area contributed by atoms with Crippen molar-refractivity contribution in [2.75, 3.05) is 0 Å². The number of rotatable bonds is 3. The average molecular weight is 250 g/mol. The Kier molecular flexibility index (Phi) is 3.69. The molecule has 0 radical (unpaired) electrons. The van der Waals surface area contributed by atoms with Crippen LogP contribution < -0.4 is 0 Å². The molecule has 0 atom stereocenters. The molecular weight excluding hydrogens is 240 g/mol. The molecule has 0 bridgehead atoms. The molecule has 1 heterocycles. The monoisotopic (exact) mass is 250 g/mol. The molecule has 0 N–H and O–H groups in total. The van der Waals surface area contributed by atoms with Gasteiger partial charge in [-0.3, -0.25) is 4.79 Å². The van der Waals surface area contributed by atoms with Crippen LogP contribution in [0.5, 0.6) is 0 Å². The summed E-state index contributed by atoms with van der Waals surface area (Å²) < 4.78 is 4.07. The van der Waals surface area contributed by atoms with E-state index in [1.54, 1.807) is 0 Å². The van der Waals surface area contributed by atoms with Crippen molar-refractivity contribution in [3.63, 3.8) is 0 Å². The van der Waals surface area contributed by atoms with E-state index < -0.39 is 0 Å². The van der Waals surface area contributed by atoms with Gasteiger partial charge in [0.15, 0.2) is 0 Å². The summed E-state index contributed by atoms with van der Waals surface area (Å²) in [5.74, 6) is 1.37. The zero-order valence-corrected chi connectivity index (χ0v) is 10.3. The van der Waals surface area contributed by atoms with Crippen LogP contribution in [0.1, 0.15) is 21.2 Å². The molecule has 16 heavy (non-hydrogen) atoms. The molecule has 0 saturated heterocycles. The summed E-state index contributed by atoms with van der Waals surface area (Å²) in [5.41, 5.74) is 0.730. The first-order chi connectivity index (χ1) is 7.75. The Morgan fingerprint density at radius 2 is 2.12 bits per heavy atom. The predicted molar refractivity (Wildman–Crippen MR) is 66.7 cm³/mol. The van der Waals surface area contributed by atoms with E-state index in [0.29, 0.717) is 5.75 Å². The summed E-state index contributed by atoms with van der Waals surface area (Å²) in [6.07, 6.45) is 0. The average Bonchev–Trinajstić information content (AvgIpc) is 2.73. The van der Waals surface area contributed by atoms with Gasteiger partial charge in [0.1, 0.15) is 10.8 Å². The van der Waals surface area contributed by atoms with Crippen molar-refractivity contribution in [2.45, 2.75) is 12.7 Å².